The Morgan fingerprint density at radius 3 is 3.06 bits per heavy atom. The van der Waals surface area contributed by atoms with Gasteiger partial charge < -0.3 is 14.8 Å². The van der Waals surface area contributed by atoms with Gasteiger partial charge >= 0.3 is 5.97 Å². The Morgan fingerprint density at radius 2 is 2.22 bits per heavy atom. The molecule has 0 bridgehead atoms. The zero-order valence-corrected chi connectivity index (χ0v) is 10.7. The third-order valence-electron chi connectivity index (χ3n) is 2.92. The minimum absolute atomic E-state index is 0.208. The van der Waals surface area contributed by atoms with Crippen LogP contribution in [0, 0.1) is 0 Å². The van der Waals surface area contributed by atoms with E-state index in [9.17, 15) is 4.79 Å². The lowest BCUT2D eigenvalue weighted by atomic mass is 10.1. The SMILES string of the molecule is CCCCOC(=O)CNc1ccc2c(c1)COC2. The molecule has 1 heterocycles. The number of unbranched alkanes of at least 4 members (excludes halogenated alkanes) is 1. The number of carbonyl (C=O) groups is 1. The van der Waals surface area contributed by atoms with E-state index in [1.807, 2.05) is 18.2 Å². The lowest BCUT2D eigenvalue weighted by Crippen LogP contribution is -2.17. The number of carbonyl (C=O) groups excluding carboxylic acids is 1. The topological polar surface area (TPSA) is 47.6 Å². The molecule has 0 saturated carbocycles. The molecule has 98 valence electrons. The summed E-state index contributed by atoms with van der Waals surface area (Å²) in [5.74, 6) is -0.208. The van der Waals surface area contributed by atoms with Gasteiger partial charge in [-0.15, -0.1) is 0 Å². The number of rotatable bonds is 6. The maximum atomic E-state index is 11.4. The van der Waals surface area contributed by atoms with Gasteiger partial charge in [-0.3, -0.25) is 4.79 Å². The average molecular weight is 249 g/mol. The molecule has 0 spiro atoms. The molecule has 1 aliphatic heterocycles. The molecule has 0 aliphatic carbocycles. The molecule has 4 nitrogen and oxygen atoms in total. The fourth-order valence-electron chi connectivity index (χ4n) is 1.84. The highest BCUT2D eigenvalue weighted by Gasteiger charge is 2.11. The van der Waals surface area contributed by atoms with Gasteiger partial charge in [-0.2, -0.15) is 0 Å². The Hall–Kier alpha value is -1.55. The summed E-state index contributed by atoms with van der Waals surface area (Å²) in [5, 5.41) is 3.07. The summed E-state index contributed by atoms with van der Waals surface area (Å²) in [5.41, 5.74) is 3.36. The molecule has 1 aromatic rings. The minimum Gasteiger partial charge on any atom is -0.464 e. The van der Waals surface area contributed by atoms with Crippen molar-refractivity contribution in [2.24, 2.45) is 0 Å². The summed E-state index contributed by atoms with van der Waals surface area (Å²) in [6.07, 6.45) is 1.95. The van der Waals surface area contributed by atoms with Crippen LogP contribution >= 0.6 is 0 Å². The molecule has 2 rings (SSSR count). The first-order valence-electron chi connectivity index (χ1n) is 6.38. The predicted octanol–water partition coefficient (Wildman–Crippen LogP) is 2.47. The van der Waals surface area contributed by atoms with Crippen LogP contribution in [0.15, 0.2) is 18.2 Å². The Balaban J connectivity index is 1.78. The van der Waals surface area contributed by atoms with Crippen LogP contribution in [0.25, 0.3) is 0 Å². The summed E-state index contributed by atoms with van der Waals surface area (Å²) in [6, 6.07) is 6.03. The Morgan fingerprint density at radius 1 is 1.39 bits per heavy atom. The maximum Gasteiger partial charge on any atom is 0.325 e. The molecule has 1 N–H and O–H groups in total. The fraction of sp³-hybridized carbons (Fsp3) is 0.500. The molecule has 1 aromatic carbocycles. The predicted molar refractivity (Wildman–Crippen MR) is 69.3 cm³/mol. The number of hydrogen-bond donors (Lipinski definition) is 1. The minimum atomic E-state index is -0.208. The van der Waals surface area contributed by atoms with Gasteiger partial charge in [-0.1, -0.05) is 19.4 Å². The first kappa shape index (κ1) is 12.9. The Labute approximate surface area is 107 Å². The smallest absolute Gasteiger partial charge is 0.325 e. The van der Waals surface area contributed by atoms with Crippen LogP contribution in [0.5, 0.6) is 0 Å². The van der Waals surface area contributed by atoms with Gasteiger partial charge in [-0.05, 0) is 29.7 Å². The van der Waals surface area contributed by atoms with Crippen molar-refractivity contribution in [1.82, 2.24) is 0 Å². The second-order valence-electron chi connectivity index (χ2n) is 4.40. The van der Waals surface area contributed by atoms with Crippen LogP contribution in [0.1, 0.15) is 30.9 Å². The van der Waals surface area contributed by atoms with Crippen molar-refractivity contribution < 1.29 is 14.3 Å². The van der Waals surface area contributed by atoms with Gasteiger partial charge in [0.15, 0.2) is 0 Å². The van der Waals surface area contributed by atoms with Crippen molar-refractivity contribution >= 4 is 11.7 Å². The van der Waals surface area contributed by atoms with E-state index in [4.69, 9.17) is 9.47 Å². The second-order valence-corrected chi connectivity index (χ2v) is 4.40. The van der Waals surface area contributed by atoms with Gasteiger partial charge in [0.2, 0.25) is 0 Å². The first-order chi connectivity index (χ1) is 8.79. The summed E-state index contributed by atoms with van der Waals surface area (Å²) >= 11 is 0. The molecule has 0 atom stereocenters. The largest absolute Gasteiger partial charge is 0.464 e. The molecular formula is C14H19NO3. The number of nitrogens with one attached hydrogen (secondary N) is 1. The highest BCUT2D eigenvalue weighted by Crippen LogP contribution is 2.22. The molecule has 0 amide bonds. The Kier molecular flexibility index (Phi) is 4.59. The third-order valence-corrected chi connectivity index (χ3v) is 2.92. The number of fused-ring (bicyclic) bond motifs is 1. The zero-order valence-electron chi connectivity index (χ0n) is 10.7. The molecular weight excluding hydrogens is 230 g/mol. The number of hydrogen-bond acceptors (Lipinski definition) is 4. The van der Waals surface area contributed by atoms with E-state index in [2.05, 4.69) is 12.2 Å². The normalized spacial score (nSPS) is 13.2. The van der Waals surface area contributed by atoms with Crippen LogP contribution < -0.4 is 5.32 Å². The van der Waals surface area contributed by atoms with Crippen LogP contribution in [-0.2, 0) is 27.5 Å². The molecule has 0 radical (unpaired) electrons. The molecule has 0 unspecified atom stereocenters. The summed E-state index contributed by atoms with van der Waals surface area (Å²) in [6.45, 7) is 4.14. The standard InChI is InChI=1S/C14H19NO3/c1-2-3-6-18-14(16)8-15-13-5-4-11-9-17-10-12(11)7-13/h4-5,7,15H,2-3,6,8-10H2,1H3. The number of benzene rings is 1. The van der Waals surface area contributed by atoms with Gasteiger partial charge in [0.25, 0.3) is 0 Å². The number of esters is 1. The third kappa shape index (κ3) is 3.47. The van der Waals surface area contributed by atoms with Crippen LogP contribution in [0.2, 0.25) is 0 Å². The molecule has 0 fully saturated rings. The molecule has 1 aliphatic rings. The Bertz CT molecular complexity index is 418. The van der Waals surface area contributed by atoms with E-state index >= 15 is 0 Å². The van der Waals surface area contributed by atoms with E-state index < -0.39 is 0 Å². The highest BCUT2D eigenvalue weighted by atomic mass is 16.5. The second kappa shape index (κ2) is 6.40. The van der Waals surface area contributed by atoms with Gasteiger partial charge in [0.05, 0.1) is 19.8 Å². The van der Waals surface area contributed by atoms with Gasteiger partial charge in [0, 0.05) is 5.69 Å². The molecule has 4 heteroatoms. The molecule has 0 saturated heterocycles. The van der Waals surface area contributed by atoms with E-state index in [-0.39, 0.29) is 12.5 Å². The summed E-state index contributed by atoms with van der Waals surface area (Å²) in [4.78, 5) is 11.4. The van der Waals surface area contributed by atoms with Crippen molar-refractivity contribution in [3.8, 4) is 0 Å². The lowest BCUT2D eigenvalue weighted by Gasteiger charge is -2.08. The van der Waals surface area contributed by atoms with Crippen molar-refractivity contribution in [2.45, 2.75) is 33.0 Å². The van der Waals surface area contributed by atoms with E-state index in [0.29, 0.717) is 19.8 Å². The van der Waals surface area contributed by atoms with Crippen molar-refractivity contribution in [1.29, 1.82) is 0 Å². The first-order valence-corrected chi connectivity index (χ1v) is 6.38. The average Bonchev–Trinajstić information content (AvgIpc) is 2.84. The van der Waals surface area contributed by atoms with Crippen LogP contribution in [0.3, 0.4) is 0 Å². The summed E-state index contributed by atoms with van der Waals surface area (Å²) in [7, 11) is 0. The quantitative estimate of drug-likeness (QED) is 0.621. The molecule has 18 heavy (non-hydrogen) atoms. The van der Waals surface area contributed by atoms with E-state index in [1.165, 1.54) is 11.1 Å². The van der Waals surface area contributed by atoms with Crippen LogP contribution in [0.4, 0.5) is 5.69 Å². The lowest BCUT2D eigenvalue weighted by molar-refractivity contribution is -0.141. The molecule has 0 aromatic heterocycles. The highest BCUT2D eigenvalue weighted by molar-refractivity contribution is 5.75. The monoisotopic (exact) mass is 249 g/mol. The van der Waals surface area contributed by atoms with Gasteiger partial charge in [-0.25, -0.2) is 0 Å². The van der Waals surface area contributed by atoms with Crippen molar-refractivity contribution in [3.05, 3.63) is 29.3 Å². The number of anilines is 1. The zero-order chi connectivity index (χ0) is 12.8. The van der Waals surface area contributed by atoms with Gasteiger partial charge in [0.1, 0.15) is 6.54 Å². The fourth-order valence-corrected chi connectivity index (χ4v) is 1.84. The maximum absolute atomic E-state index is 11.4. The van der Waals surface area contributed by atoms with E-state index in [1.54, 1.807) is 0 Å². The summed E-state index contributed by atoms with van der Waals surface area (Å²) < 4.78 is 10.4. The van der Waals surface area contributed by atoms with Crippen LogP contribution in [-0.4, -0.2) is 19.1 Å². The van der Waals surface area contributed by atoms with Crippen molar-refractivity contribution in [3.63, 3.8) is 0 Å². The van der Waals surface area contributed by atoms with Crippen molar-refractivity contribution in [2.75, 3.05) is 18.5 Å². The number of ether oxygens (including phenoxy) is 2. The van der Waals surface area contributed by atoms with E-state index in [0.717, 1.165) is 18.5 Å².